The summed E-state index contributed by atoms with van der Waals surface area (Å²) >= 11 is 1.17. The molecule has 0 radical (unpaired) electrons. The molecule has 1 aromatic carbocycles. The van der Waals surface area contributed by atoms with Crippen LogP contribution in [0.4, 0.5) is 4.39 Å². The minimum Gasteiger partial charge on any atom is -0.481 e. The molecule has 1 saturated heterocycles. The van der Waals surface area contributed by atoms with E-state index in [-0.39, 0.29) is 24.2 Å². The molecule has 1 aliphatic heterocycles. The molecule has 5 nitrogen and oxygen atoms in total. The summed E-state index contributed by atoms with van der Waals surface area (Å²) in [7, 11) is 0. The largest absolute Gasteiger partial charge is 0.481 e. The number of rotatable bonds is 5. The van der Waals surface area contributed by atoms with Crippen LogP contribution in [0.2, 0.25) is 0 Å². The number of amides is 1. The van der Waals surface area contributed by atoms with Crippen molar-refractivity contribution in [1.82, 2.24) is 9.88 Å². The molecule has 1 atom stereocenters. The molecule has 1 N–H and O–H groups in total. The minimum absolute atomic E-state index is 0.0532. The summed E-state index contributed by atoms with van der Waals surface area (Å²) in [6.45, 7) is 0.621. The number of carboxylic acids is 1. The SMILES string of the molecule is O=C(O)CC[C@H]1CCCCN1C(=O)c1cnc(-c2ccccc2F)s1. The first-order valence-corrected chi connectivity index (χ1v) is 9.11. The van der Waals surface area contributed by atoms with E-state index in [4.69, 9.17) is 5.11 Å². The summed E-state index contributed by atoms with van der Waals surface area (Å²) in [6.07, 6.45) is 4.72. The molecule has 0 spiro atoms. The summed E-state index contributed by atoms with van der Waals surface area (Å²) in [5, 5.41) is 9.37. The van der Waals surface area contributed by atoms with Crippen LogP contribution < -0.4 is 0 Å². The number of thiazole rings is 1. The van der Waals surface area contributed by atoms with Crippen LogP contribution in [-0.2, 0) is 4.79 Å². The Bertz CT molecular complexity index is 777. The number of nitrogens with zero attached hydrogens (tertiary/aromatic N) is 2. The molecule has 1 aliphatic rings. The number of hydrogen-bond acceptors (Lipinski definition) is 4. The third-order valence-corrected chi connectivity index (χ3v) is 5.42. The number of aromatic nitrogens is 1. The Balaban J connectivity index is 1.78. The van der Waals surface area contributed by atoms with Crippen LogP contribution in [0, 0.1) is 5.82 Å². The smallest absolute Gasteiger partial charge is 0.303 e. The van der Waals surface area contributed by atoms with E-state index in [9.17, 15) is 14.0 Å². The van der Waals surface area contributed by atoms with Crippen molar-refractivity contribution in [2.45, 2.75) is 38.1 Å². The first-order chi connectivity index (χ1) is 12.1. The molecular weight excluding hydrogens is 343 g/mol. The molecule has 2 heterocycles. The molecule has 0 bridgehead atoms. The number of piperidine rings is 1. The minimum atomic E-state index is -0.849. The molecule has 25 heavy (non-hydrogen) atoms. The molecule has 3 rings (SSSR count). The van der Waals surface area contributed by atoms with Gasteiger partial charge in [-0.05, 0) is 37.8 Å². The first-order valence-electron chi connectivity index (χ1n) is 8.30. The van der Waals surface area contributed by atoms with Gasteiger partial charge in [0, 0.05) is 24.6 Å². The summed E-state index contributed by atoms with van der Waals surface area (Å²) < 4.78 is 13.9. The van der Waals surface area contributed by atoms with Crippen LogP contribution >= 0.6 is 11.3 Å². The predicted molar refractivity (Wildman–Crippen MR) is 93.1 cm³/mol. The van der Waals surface area contributed by atoms with Gasteiger partial charge in [0.05, 0.1) is 6.20 Å². The Morgan fingerprint density at radius 3 is 2.88 bits per heavy atom. The second kappa shape index (κ2) is 7.74. The predicted octanol–water partition coefficient (Wildman–Crippen LogP) is 3.81. The number of carbonyl (C=O) groups excluding carboxylic acids is 1. The van der Waals surface area contributed by atoms with Gasteiger partial charge < -0.3 is 10.0 Å². The van der Waals surface area contributed by atoms with Crippen molar-refractivity contribution in [3.8, 4) is 10.6 Å². The zero-order valence-corrected chi connectivity index (χ0v) is 14.5. The number of likely N-dealkylation sites (tertiary alicyclic amines) is 1. The fraction of sp³-hybridized carbons (Fsp3) is 0.389. The van der Waals surface area contributed by atoms with E-state index in [1.807, 2.05) is 0 Å². The van der Waals surface area contributed by atoms with Gasteiger partial charge in [-0.15, -0.1) is 11.3 Å². The van der Waals surface area contributed by atoms with Crippen molar-refractivity contribution in [3.63, 3.8) is 0 Å². The lowest BCUT2D eigenvalue weighted by Crippen LogP contribution is -2.43. The average Bonchev–Trinajstić information content (AvgIpc) is 3.10. The zero-order valence-electron chi connectivity index (χ0n) is 13.7. The Hall–Kier alpha value is -2.28. The van der Waals surface area contributed by atoms with E-state index in [2.05, 4.69) is 4.98 Å². The quantitative estimate of drug-likeness (QED) is 0.878. The maximum absolute atomic E-state index is 13.9. The highest BCUT2D eigenvalue weighted by Crippen LogP contribution is 2.30. The van der Waals surface area contributed by atoms with Gasteiger partial charge in [-0.2, -0.15) is 0 Å². The number of carbonyl (C=O) groups is 2. The first kappa shape index (κ1) is 17.5. The molecule has 1 fully saturated rings. The lowest BCUT2D eigenvalue weighted by molar-refractivity contribution is -0.137. The van der Waals surface area contributed by atoms with Crippen molar-refractivity contribution < 1.29 is 19.1 Å². The van der Waals surface area contributed by atoms with Gasteiger partial charge in [0.1, 0.15) is 15.7 Å². The molecule has 2 aromatic rings. The molecule has 0 unspecified atom stereocenters. The van der Waals surface area contributed by atoms with Gasteiger partial charge in [0.15, 0.2) is 0 Å². The van der Waals surface area contributed by atoms with Crippen molar-refractivity contribution in [2.24, 2.45) is 0 Å². The molecular formula is C18H19FN2O3S. The summed E-state index contributed by atoms with van der Waals surface area (Å²) in [5.74, 6) is -1.36. The highest BCUT2D eigenvalue weighted by Gasteiger charge is 2.29. The summed E-state index contributed by atoms with van der Waals surface area (Å²) in [4.78, 5) is 30.1. The van der Waals surface area contributed by atoms with Crippen LogP contribution in [-0.4, -0.2) is 39.5 Å². The van der Waals surface area contributed by atoms with E-state index in [1.54, 1.807) is 23.1 Å². The van der Waals surface area contributed by atoms with E-state index >= 15 is 0 Å². The number of halogens is 1. The fourth-order valence-corrected chi connectivity index (χ4v) is 4.03. The van der Waals surface area contributed by atoms with Crippen LogP contribution in [0.15, 0.2) is 30.5 Å². The molecule has 0 aliphatic carbocycles. The second-order valence-corrected chi connectivity index (χ2v) is 7.12. The highest BCUT2D eigenvalue weighted by molar-refractivity contribution is 7.16. The Kier molecular flexibility index (Phi) is 5.43. The summed E-state index contributed by atoms with van der Waals surface area (Å²) in [5.41, 5.74) is 0.382. The number of carboxylic acid groups (broad SMARTS) is 1. The monoisotopic (exact) mass is 362 g/mol. The van der Waals surface area contributed by atoms with Crippen molar-refractivity contribution in [2.75, 3.05) is 6.54 Å². The van der Waals surface area contributed by atoms with Crippen LogP contribution in [0.25, 0.3) is 10.6 Å². The lowest BCUT2D eigenvalue weighted by atomic mass is 9.97. The number of aliphatic carboxylic acids is 1. The van der Waals surface area contributed by atoms with Gasteiger partial charge in [0.2, 0.25) is 0 Å². The normalized spacial score (nSPS) is 17.5. The molecule has 132 valence electrons. The van der Waals surface area contributed by atoms with Crippen LogP contribution in [0.5, 0.6) is 0 Å². The third kappa shape index (κ3) is 4.04. The topological polar surface area (TPSA) is 70.5 Å². The van der Waals surface area contributed by atoms with Crippen molar-refractivity contribution in [1.29, 1.82) is 0 Å². The third-order valence-electron chi connectivity index (χ3n) is 4.40. The molecule has 7 heteroatoms. The van der Waals surface area contributed by atoms with Gasteiger partial charge in [-0.25, -0.2) is 9.37 Å². The van der Waals surface area contributed by atoms with Gasteiger partial charge in [0.25, 0.3) is 5.91 Å². The Morgan fingerprint density at radius 2 is 2.12 bits per heavy atom. The molecule has 1 aromatic heterocycles. The van der Waals surface area contributed by atoms with E-state index in [0.717, 1.165) is 19.3 Å². The number of hydrogen-bond donors (Lipinski definition) is 1. The van der Waals surface area contributed by atoms with E-state index in [1.165, 1.54) is 23.6 Å². The van der Waals surface area contributed by atoms with Gasteiger partial charge >= 0.3 is 5.97 Å². The van der Waals surface area contributed by atoms with Crippen LogP contribution in [0.3, 0.4) is 0 Å². The zero-order chi connectivity index (χ0) is 17.8. The maximum atomic E-state index is 13.9. The number of benzene rings is 1. The average molecular weight is 362 g/mol. The molecule has 0 saturated carbocycles. The molecule has 1 amide bonds. The van der Waals surface area contributed by atoms with Crippen LogP contribution in [0.1, 0.15) is 41.8 Å². The van der Waals surface area contributed by atoms with Crippen molar-refractivity contribution >= 4 is 23.2 Å². The van der Waals surface area contributed by atoms with E-state index in [0.29, 0.717) is 28.4 Å². The second-order valence-electron chi connectivity index (χ2n) is 6.09. The Labute approximate surface area is 149 Å². The highest BCUT2D eigenvalue weighted by atomic mass is 32.1. The summed E-state index contributed by atoms with van der Waals surface area (Å²) in [6, 6.07) is 6.29. The van der Waals surface area contributed by atoms with Crippen molar-refractivity contribution in [3.05, 3.63) is 41.2 Å². The lowest BCUT2D eigenvalue weighted by Gasteiger charge is -2.35. The standard InChI is InChI=1S/C18H19FN2O3S/c19-14-7-2-1-6-13(14)17-20-11-15(25-17)18(24)21-10-4-3-5-12(21)8-9-16(22)23/h1-2,6-7,11-12H,3-5,8-10H2,(H,22,23)/t12-/m1/s1. The maximum Gasteiger partial charge on any atom is 0.303 e. The van der Waals surface area contributed by atoms with Gasteiger partial charge in [-0.1, -0.05) is 12.1 Å². The Morgan fingerprint density at radius 1 is 1.32 bits per heavy atom. The van der Waals surface area contributed by atoms with Gasteiger partial charge in [-0.3, -0.25) is 9.59 Å². The fourth-order valence-electron chi connectivity index (χ4n) is 3.13. The van der Waals surface area contributed by atoms with E-state index < -0.39 is 5.97 Å².